The first kappa shape index (κ1) is 12.9. The molecule has 0 aliphatic rings. The van der Waals surface area contributed by atoms with E-state index in [-0.39, 0.29) is 6.42 Å². The number of hydrogen-bond acceptors (Lipinski definition) is 3. The number of nitrogens with zero attached hydrogens (tertiary/aromatic N) is 2. The van der Waals surface area contributed by atoms with Gasteiger partial charge in [0.05, 0.1) is 31.2 Å². The fourth-order valence-electron chi connectivity index (χ4n) is 1.41. The summed E-state index contributed by atoms with van der Waals surface area (Å²) >= 11 is 0. The Bertz CT molecular complexity index is 509. The molecule has 88 valence electrons. The van der Waals surface area contributed by atoms with Gasteiger partial charge in [0.1, 0.15) is 11.3 Å². The Balaban J connectivity index is 3.50. The number of ether oxygens (including phenoxy) is 1. The quantitative estimate of drug-likeness (QED) is 0.798. The summed E-state index contributed by atoms with van der Waals surface area (Å²) in [7, 11) is 1.09. The number of halogens is 3. The maximum Gasteiger partial charge on any atom is 0.421 e. The van der Waals surface area contributed by atoms with Gasteiger partial charge in [-0.1, -0.05) is 0 Å². The number of rotatable bonds is 2. The summed E-state index contributed by atoms with van der Waals surface area (Å²) in [6.45, 7) is 0. The molecule has 0 amide bonds. The van der Waals surface area contributed by atoms with Crippen molar-refractivity contribution >= 4 is 0 Å². The Hall–Kier alpha value is -2.21. The molecule has 0 unspecified atom stereocenters. The fourth-order valence-corrected chi connectivity index (χ4v) is 1.41. The Morgan fingerprint density at radius 1 is 1.29 bits per heavy atom. The van der Waals surface area contributed by atoms with E-state index in [1.165, 1.54) is 6.07 Å². The Labute approximate surface area is 95.7 Å². The number of nitriles is 2. The number of methoxy groups -OCH3 is 1. The molecular formula is C11H7F3N2O. The molecular weight excluding hydrogens is 233 g/mol. The average Bonchev–Trinajstić information content (AvgIpc) is 2.26. The third-order valence-electron chi connectivity index (χ3n) is 2.07. The lowest BCUT2D eigenvalue weighted by Gasteiger charge is -2.14. The van der Waals surface area contributed by atoms with Gasteiger partial charge in [0.2, 0.25) is 0 Å². The molecule has 0 atom stereocenters. The summed E-state index contributed by atoms with van der Waals surface area (Å²) in [5.74, 6) is -0.443. The Kier molecular flexibility index (Phi) is 3.59. The zero-order valence-corrected chi connectivity index (χ0v) is 8.80. The normalized spacial score (nSPS) is 10.5. The Morgan fingerprint density at radius 3 is 2.35 bits per heavy atom. The largest absolute Gasteiger partial charge is 0.496 e. The van der Waals surface area contributed by atoms with Crippen LogP contribution in [0, 0.1) is 22.7 Å². The van der Waals surface area contributed by atoms with Gasteiger partial charge in [0.25, 0.3) is 0 Å². The molecule has 0 saturated carbocycles. The molecule has 0 bridgehead atoms. The molecule has 0 aromatic heterocycles. The van der Waals surface area contributed by atoms with Crippen molar-refractivity contribution in [3.63, 3.8) is 0 Å². The highest BCUT2D eigenvalue weighted by atomic mass is 19.4. The SMILES string of the molecule is COc1cc(CC#N)cc(C#N)c1C(F)(F)F. The lowest BCUT2D eigenvalue weighted by Crippen LogP contribution is -2.11. The molecule has 17 heavy (non-hydrogen) atoms. The van der Waals surface area contributed by atoms with Crippen LogP contribution in [0.15, 0.2) is 12.1 Å². The highest BCUT2D eigenvalue weighted by Crippen LogP contribution is 2.39. The monoisotopic (exact) mass is 240 g/mol. The molecule has 0 saturated heterocycles. The second kappa shape index (κ2) is 4.75. The lowest BCUT2D eigenvalue weighted by atomic mass is 10.0. The predicted molar refractivity (Wildman–Crippen MR) is 52.0 cm³/mol. The van der Waals surface area contributed by atoms with Crippen molar-refractivity contribution < 1.29 is 17.9 Å². The van der Waals surface area contributed by atoms with E-state index in [4.69, 9.17) is 10.5 Å². The third kappa shape index (κ3) is 2.67. The lowest BCUT2D eigenvalue weighted by molar-refractivity contribution is -0.138. The molecule has 1 rings (SSSR count). The van der Waals surface area contributed by atoms with Crippen LogP contribution in [0.25, 0.3) is 0 Å². The molecule has 0 radical (unpaired) electrons. The minimum Gasteiger partial charge on any atom is -0.496 e. The van der Waals surface area contributed by atoms with Gasteiger partial charge in [-0.05, 0) is 17.7 Å². The van der Waals surface area contributed by atoms with Crippen molar-refractivity contribution in [2.75, 3.05) is 7.11 Å². The molecule has 1 aromatic carbocycles. The van der Waals surface area contributed by atoms with Gasteiger partial charge in [-0.15, -0.1) is 0 Å². The summed E-state index contributed by atoms with van der Waals surface area (Å²) in [5, 5.41) is 17.2. The average molecular weight is 240 g/mol. The van der Waals surface area contributed by atoms with Crippen molar-refractivity contribution in [1.29, 1.82) is 10.5 Å². The number of hydrogen-bond donors (Lipinski definition) is 0. The molecule has 0 spiro atoms. The van der Waals surface area contributed by atoms with Gasteiger partial charge in [0.15, 0.2) is 0 Å². The highest BCUT2D eigenvalue weighted by Gasteiger charge is 2.37. The molecule has 1 aromatic rings. The highest BCUT2D eigenvalue weighted by molar-refractivity contribution is 5.51. The first-order valence-electron chi connectivity index (χ1n) is 4.49. The van der Waals surface area contributed by atoms with Gasteiger partial charge >= 0.3 is 6.18 Å². The van der Waals surface area contributed by atoms with E-state index in [1.807, 2.05) is 0 Å². The van der Waals surface area contributed by atoms with Crippen LogP contribution in [-0.4, -0.2) is 7.11 Å². The van der Waals surface area contributed by atoms with Crippen LogP contribution in [0.4, 0.5) is 13.2 Å². The standard InChI is InChI=1S/C11H7F3N2O/c1-17-9-5-7(2-3-15)4-8(6-16)10(9)11(12,13)14/h4-5H,2H2,1H3. The first-order chi connectivity index (χ1) is 7.93. The molecule has 3 nitrogen and oxygen atoms in total. The Morgan fingerprint density at radius 2 is 1.94 bits per heavy atom. The molecule has 0 fully saturated rings. The molecule has 0 aliphatic heterocycles. The summed E-state index contributed by atoms with van der Waals surface area (Å²) in [6, 6.07) is 5.43. The van der Waals surface area contributed by atoms with Gasteiger partial charge in [-0.25, -0.2) is 0 Å². The number of alkyl halides is 3. The van der Waals surface area contributed by atoms with Crippen LogP contribution in [-0.2, 0) is 12.6 Å². The van der Waals surface area contributed by atoms with E-state index < -0.39 is 23.1 Å². The van der Waals surface area contributed by atoms with E-state index >= 15 is 0 Å². The first-order valence-corrected chi connectivity index (χ1v) is 4.49. The van der Waals surface area contributed by atoms with Crippen LogP contribution >= 0.6 is 0 Å². The topological polar surface area (TPSA) is 56.8 Å². The maximum absolute atomic E-state index is 12.7. The van der Waals surface area contributed by atoms with Crippen molar-refractivity contribution in [3.8, 4) is 17.9 Å². The van der Waals surface area contributed by atoms with Gasteiger partial charge in [-0.2, -0.15) is 23.7 Å². The van der Waals surface area contributed by atoms with Crippen molar-refractivity contribution in [2.24, 2.45) is 0 Å². The smallest absolute Gasteiger partial charge is 0.421 e. The van der Waals surface area contributed by atoms with Gasteiger partial charge in [-0.3, -0.25) is 0 Å². The van der Waals surface area contributed by atoms with Crippen molar-refractivity contribution in [2.45, 2.75) is 12.6 Å². The zero-order chi connectivity index (χ0) is 13.1. The van der Waals surface area contributed by atoms with Gasteiger partial charge in [0, 0.05) is 0 Å². The maximum atomic E-state index is 12.7. The van der Waals surface area contributed by atoms with E-state index in [1.54, 1.807) is 6.07 Å². The molecule has 0 aliphatic carbocycles. The number of benzene rings is 1. The molecule has 0 heterocycles. The van der Waals surface area contributed by atoms with Crippen LogP contribution in [0.1, 0.15) is 16.7 Å². The second-order valence-corrected chi connectivity index (χ2v) is 3.17. The summed E-state index contributed by atoms with van der Waals surface area (Å²) in [4.78, 5) is 0. The minimum absolute atomic E-state index is 0.0802. The van der Waals surface area contributed by atoms with Crippen LogP contribution in [0.5, 0.6) is 5.75 Å². The predicted octanol–water partition coefficient (Wildman–Crippen LogP) is 2.65. The second-order valence-electron chi connectivity index (χ2n) is 3.17. The zero-order valence-electron chi connectivity index (χ0n) is 8.80. The van der Waals surface area contributed by atoms with E-state index in [0.717, 1.165) is 19.2 Å². The summed E-state index contributed by atoms with van der Waals surface area (Å²) in [6.07, 6.45) is -4.75. The summed E-state index contributed by atoms with van der Waals surface area (Å²) < 4.78 is 42.7. The minimum atomic E-state index is -4.67. The van der Waals surface area contributed by atoms with Crippen LogP contribution < -0.4 is 4.74 Å². The van der Waals surface area contributed by atoms with Crippen molar-refractivity contribution in [3.05, 3.63) is 28.8 Å². The molecule has 6 heteroatoms. The fraction of sp³-hybridized carbons (Fsp3) is 0.273. The van der Waals surface area contributed by atoms with E-state index in [2.05, 4.69) is 4.74 Å². The third-order valence-corrected chi connectivity index (χ3v) is 2.07. The van der Waals surface area contributed by atoms with E-state index in [9.17, 15) is 13.2 Å². The van der Waals surface area contributed by atoms with Crippen molar-refractivity contribution in [1.82, 2.24) is 0 Å². The van der Waals surface area contributed by atoms with Crippen LogP contribution in [0.2, 0.25) is 0 Å². The van der Waals surface area contributed by atoms with E-state index in [0.29, 0.717) is 5.56 Å². The summed E-state index contributed by atoms with van der Waals surface area (Å²) in [5.41, 5.74) is -1.33. The van der Waals surface area contributed by atoms with Crippen LogP contribution in [0.3, 0.4) is 0 Å². The van der Waals surface area contributed by atoms with Gasteiger partial charge < -0.3 is 4.74 Å². The molecule has 0 N–H and O–H groups in total.